The van der Waals surface area contributed by atoms with Crippen molar-refractivity contribution in [3.8, 4) is 0 Å². The number of carbonyl (C=O) groups excluding carboxylic acids is 1. The lowest BCUT2D eigenvalue weighted by Crippen LogP contribution is -2.27. The Hall–Kier alpha value is -2.15. The Kier molecular flexibility index (Phi) is 3.96. The number of rotatable bonds is 4. The van der Waals surface area contributed by atoms with Gasteiger partial charge in [0.1, 0.15) is 17.8 Å². The van der Waals surface area contributed by atoms with Crippen molar-refractivity contribution in [3.05, 3.63) is 35.0 Å². The minimum Gasteiger partial charge on any atom is -0.384 e. The lowest BCUT2D eigenvalue weighted by molar-refractivity contribution is 0.0949. The number of aromatic nitrogens is 4. The van der Waals surface area contributed by atoms with Gasteiger partial charge in [-0.15, -0.1) is 0 Å². The zero-order chi connectivity index (χ0) is 13.8. The molecular formula is C11H13ClN6O. The first-order valence-corrected chi connectivity index (χ1v) is 5.99. The molecule has 19 heavy (non-hydrogen) atoms. The van der Waals surface area contributed by atoms with Crippen molar-refractivity contribution in [3.63, 3.8) is 0 Å². The van der Waals surface area contributed by atoms with Gasteiger partial charge in [0, 0.05) is 20.0 Å². The first kappa shape index (κ1) is 13.3. The third-order valence-electron chi connectivity index (χ3n) is 2.36. The summed E-state index contributed by atoms with van der Waals surface area (Å²) in [5.74, 6) is 0.545. The highest BCUT2D eigenvalue weighted by Gasteiger charge is 2.12. The molecule has 3 N–H and O–H groups in total. The highest BCUT2D eigenvalue weighted by Crippen LogP contribution is 2.14. The molecule has 0 aromatic carbocycles. The van der Waals surface area contributed by atoms with Gasteiger partial charge in [-0.25, -0.2) is 9.97 Å². The standard InChI is InChI=1S/C11H13ClN6O/c1-18-6-15-9(17-18)4-5-14-11(19)10-7(12)2-3-8(13)16-10/h2-3,6H,4-5H2,1H3,(H2,13,16)(H,14,19). The third-order valence-corrected chi connectivity index (χ3v) is 2.67. The smallest absolute Gasteiger partial charge is 0.271 e. The molecule has 0 radical (unpaired) electrons. The first-order chi connectivity index (χ1) is 9.06. The average molecular weight is 281 g/mol. The molecule has 0 atom stereocenters. The summed E-state index contributed by atoms with van der Waals surface area (Å²) in [6, 6.07) is 3.08. The summed E-state index contributed by atoms with van der Waals surface area (Å²) in [5.41, 5.74) is 5.64. The fourth-order valence-electron chi connectivity index (χ4n) is 1.49. The number of amides is 1. The third kappa shape index (κ3) is 3.41. The number of halogens is 1. The Morgan fingerprint density at radius 3 is 3.00 bits per heavy atom. The van der Waals surface area contributed by atoms with Crippen molar-refractivity contribution in [2.45, 2.75) is 6.42 Å². The monoisotopic (exact) mass is 280 g/mol. The molecule has 0 saturated heterocycles. The van der Waals surface area contributed by atoms with Gasteiger partial charge in [-0.05, 0) is 12.1 Å². The van der Waals surface area contributed by atoms with Crippen molar-refractivity contribution in [1.29, 1.82) is 0 Å². The topological polar surface area (TPSA) is 98.7 Å². The van der Waals surface area contributed by atoms with E-state index in [9.17, 15) is 4.79 Å². The number of hydrogen-bond acceptors (Lipinski definition) is 5. The quantitative estimate of drug-likeness (QED) is 0.845. The zero-order valence-corrected chi connectivity index (χ0v) is 11.1. The molecule has 0 aliphatic heterocycles. The Labute approximate surface area is 114 Å². The Morgan fingerprint density at radius 1 is 1.53 bits per heavy atom. The van der Waals surface area contributed by atoms with Crippen LogP contribution in [0.2, 0.25) is 5.02 Å². The van der Waals surface area contributed by atoms with Gasteiger partial charge >= 0.3 is 0 Å². The maximum atomic E-state index is 11.9. The van der Waals surface area contributed by atoms with E-state index in [0.717, 1.165) is 0 Å². The molecule has 0 aliphatic carbocycles. The summed E-state index contributed by atoms with van der Waals surface area (Å²) >= 11 is 5.88. The van der Waals surface area contributed by atoms with E-state index in [1.807, 2.05) is 0 Å². The molecule has 2 aromatic heterocycles. The van der Waals surface area contributed by atoms with Gasteiger partial charge < -0.3 is 11.1 Å². The molecule has 0 unspecified atom stereocenters. The maximum Gasteiger partial charge on any atom is 0.271 e. The fraction of sp³-hybridized carbons (Fsp3) is 0.273. The summed E-state index contributed by atoms with van der Waals surface area (Å²) in [6.07, 6.45) is 2.14. The van der Waals surface area contributed by atoms with Crippen LogP contribution in [0.5, 0.6) is 0 Å². The number of nitrogens with two attached hydrogens (primary N) is 1. The van der Waals surface area contributed by atoms with Crippen molar-refractivity contribution in [2.24, 2.45) is 7.05 Å². The molecule has 100 valence electrons. The molecule has 0 fully saturated rings. The van der Waals surface area contributed by atoms with E-state index < -0.39 is 0 Å². The Morgan fingerprint density at radius 2 is 2.32 bits per heavy atom. The average Bonchev–Trinajstić information content (AvgIpc) is 2.78. The van der Waals surface area contributed by atoms with E-state index in [2.05, 4.69) is 20.4 Å². The molecule has 0 spiro atoms. The summed E-state index contributed by atoms with van der Waals surface area (Å²) in [7, 11) is 1.78. The van der Waals surface area contributed by atoms with Crippen LogP contribution in [-0.4, -0.2) is 32.2 Å². The SMILES string of the molecule is Cn1cnc(CCNC(=O)c2nc(N)ccc2Cl)n1. The lowest BCUT2D eigenvalue weighted by atomic mass is 10.3. The van der Waals surface area contributed by atoms with Crippen LogP contribution in [0.4, 0.5) is 5.82 Å². The van der Waals surface area contributed by atoms with E-state index in [0.29, 0.717) is 18.8 Å². The molecule has 0 aliphatic rings. The highest BCUT2D eigenvalue weighted by molar-refractivity contribution is 6.33. The van der Waals surface area contributed by atoms with E-state index in [1.165, 1.54) is 6.07 Å². The maximum absolute atomic E-state index is 11.9. The van der Waals surface area contributed by atoms with E-state index in [-0.39, 0.29) is 22.4 Å². The van der Waals surface area contributed by atoms with Crippen LogP contribution in [0.15, 0.2) is 18.5 Å². The first-order valence-electron chi connectivity index (χ1n) is 5.61. The number of pyridine rings is 1. The van der Waals surface area contributed by atoms with Crippen LogP contribution >= 0.6 is 11.6 Å². The van der Waals surface area contributed by atoms with Crippen LogP contribution < -0.4 is 11.1 Å². The minimum absolute atomic E-state index is 0.121. The number of nitrogens with zero attached hydrogens (tertiary/aromatic N) is 4. The van der Waals surface area contributed by atoms with Gasteiger partial charge in [0.2, 0.25) is 0 Å². The Balaban J connectivity index is 1.92. The molecular weight excluding hydrogens is 268 g/mol. The molecule has 0 saturated carbocycles. The van der Waals surface area contributed by atoms with Gasteiger partial charge in [-0.3, -0.25) is 9.48 Å². The molecule has 1 amide bonds. The summed E-state index contributed by atoms with van der Waals surface area (Å²) < 4.78 is 1.60. The zero-order valence-electron chi connectivity index (χ0n) is 10.3. The van der Waals surface area contributed by atoms with Crippen LogP contribution in [0.25, 0.3) is 0 Å². The normalized spacial score (nSPS) is 10.4. The second-order valence-corrected chi connectivity index (χ2v) is 4.31. The largest absolute Gasteiger partial charge is 0.384 e. The van der Waals surface area contributed by atoms with Crippen molar-refractivity contribution < 1.29 is 4.79 Å². The molecule has 2 heterocycles. The van der Waals surface area contributed by atoms with Crippen LogP contribution in [-0.2, 0) is 13.5 Å². The number of aryl methyl sites for hydroxylation is 1. The predicted octanol–water partition coefficient (Wildman–Crippen LogP) is 0.418. The van der Waals surface area contributed by atoms with Gasteiger partial charge in [0.25, 0.3) is 5.91 Å². The number of carbonyl (C=O) groups is 1. The Bertz CT molecular complexity index is 597. The van der Waals surface area contributed by atoms with Crippen LogP contribution in [0, 0.1) is 0 Å². The van der Waals surface area contributed by atoms with Crippen molar-refractivity contribution >= 4 is 23.3 Å². The molecule has 2 aromatic rings. The summed E-state index contributed by atoms with van der Waals surface area (Å²) in [5, 5.41) is 7.06. The van der Waals surface area contributed by atoms with Gasteiger partial charge in [0.15, 0.2) is 5.82 Å². The second kappa shape index (κ2) is 5.66. The number of nitrogens with one attached hydrogen (secondary N) is 1. The fourth-order valence-corrected chi connectivity index (χ4v) is 1.68. The minimum atomic E-state index is -0.367. The van der Waals surface area contributed by atoms with Crippen molar-refractivity contribution in [1.82, 2.24) is 25.1 Å². The van der Waals surface area contributed by atoms with Gasteiger partial charge in [-0.1, -0.05) is 11.6 Å². The molecule has 7 nitrogen and oxygen atoms in total. The van der Waals surface area contributed by atoms with E-state index >= 15 is 0 Å². The van der Waals surface area contributed by atoms with E-state index in [4.69, 9.17) is 17.3 Å². The number of anilines is 1. The number of hydrogen-bond donors (Lipinski definition) is 2. The van der Waals surface area contributed by atoms with Crippen LogP contribution in [0.3, 0.4) is 0 Å². The second-order valence-electron chi connectivity index (χ2n) is 3.91. The summed E-state index contributed by atoms with van der Waals surface area (Å²) in [4.78, 5) is 19.8. The molecule has 0 bridgehead atoms. The predicted molar refractivity (Wildman–Crippen MR) is 70.7 cm³/mol. The molecule has 8 heteroatoms. The highest BCUT2D eigenvalue weighted by atomic mass is 35.5. The molecule has 2 rings (SSSR count). The van der Waals surface area contributed by atoms with Crippen LogP contribution in [0.1, 0.15) is 16.3 Å². The van der Waals surface area contributed by atoms with Gasteiger partial charge in [0.05, 0.1) is 5.02 Å². The van der Waals surface area contributed by atoms with Gasteiger partial charge in [-0.2, -0.15) is 5.10 Å². The number of nitrogen functional groups attached to an aromatic ring is 1. The summed E-state index contributed by atoms with van der Waals surface area (Å²) in [6.45, 7) is 0.398. The lowest BCUT2D eigenvalue weighted by Gasteiger charge is -2.05. The van der Waals surface area contributed by atoms with Crippen molar-refractivity contribution in [2.75, 3.05) is 12.3 Å². The van der Waals surface area contributed by atoms with E-state index in [1.54, 1.807) is 24.1 Å².